The molecular weight excluding hydrogens is 894 g/mol. The van der Waals surface area contributed by atoms with Gasteiger partial charge in [-0.2, -0.15) is 43.9 Å². The molecule has 0 radical (unpaired) electrons. The maximum atomic E-state index is 16.2. The third-order valence-electron chi connectivity index (χ3n) is 8.63. The van der Waals surface area contributed by atoms with Gasteiger partial charge in [-0.25, -0.2) is 13.7 Å². The lowest BCUT2D eigenvalue weighted by Crippen LogP contribution is -2.51. The van der Waals surface area contributed by atoms with E-state index in [1.54, 1.807) is 12.1 Å². The molecule has 0 heterocycles. The van der Waals surface area contributed by atoms with Crippen LogP contribution in [0.15, 0.2) is 114 Å². The zero-order valence-corrected chi connectivity index (χ0v) is 31.4. The van der Waals surface area contributed by atoms with Crippen molar-refractivity contribution in [1.29, 1.82) is 0 Å². The van der Waals surface area contributed by atoms with Gasteiger partial charge in [0.05, 0.1) is 52.4 Å². The standard InChI is InChI=1S/C40H24BrF12N3O4/c41-23-17-26(37(44,45)39(49,50)40(51,52)53)34(27(18-23)38(46,47)48)56(35(59)24-13-7-15-28(32(24)42)54-19-30(57)21-9-3-1-4-10-21)36(60)25-14-8-16-29(33(25)43)55-20-31(58)22-11-5-2-6-12-22/h1-18,54-55H,19-20H2. The molecule has 0 spiro atoms. The van der Waals surface area contributed by atoms with E-state index < -0.39 is 121 Å². The third kappa shape index (κ3) is 9.02. The summed E-state index contributed by atoms with van der Waals surface area (Å²) >= 11 is 2.36. The van der Waals surface area contributed by atoms with Gasteiger partial charge in [-0.15, -0.1) is 0 Å². The van der Waals surface area contributed by atoms with Crippen molar-refractivity contribution in [3.05, 3.63) is 159 Å². The molecule has 314 valence electrons. The van der Waals surface area contributed by atoms with Gasteiger partial charge in [0.1, 0.15) is 0 Å². The quantitative estimate of drug-likeness (QED) is 0.0694. The van der Waals surface area contributed by atoms with Crippen LogP contribution in [0.2, 0.25) is 0 Å². The number of nitrogens with zero attached hydrogens (tertiary/aromatic N) is 1. The van der Waals surface area contributed by atoms with E-state index in [2.05, 4.69) is 26.6 Å². The van der Waals surface area contributed by atoms with Crippen LogP contribution in [0, 0.1) is 11.6 Å². The summed E-state index contributed by atoms with van der Waals surface area (Å²) < 4.78 is 177. The molecule has 0 aliphatic rings. The van der Waals surface area contributed by atoms with Crippen molar-refractivity contribution in [2.45, 2.75) is 24.2 Å². The molecule has 7 nitrogen and oxygen atoms in total. The van der Waals surface area contributed by atoms with Crippen LogP contribution in [-0.2, 0) is 12.1 Å². The Morgan fingerprint density at radius 3 is 1.33 bits per heavy atom. The van der Waals surface area contributed by atoms with Crippen LogP contribution in [0.4, 0.5) is 69.7 Å². The second-order valence-corrected chi connectivity index (χ2v) is 13.5. The molecular formula is C40H24BrF12N3O4. The Bertz CT molecular complexity index is 2330. The van der Waals surface area contributed by atoms with Gasteiger partial charge in [-0.1, -0.05) is 88.7 Å². The van der Waals surface area contributed by atoms with Gasteiger partial charge in [0, 0.05) is 15.6 Å². The van der Waals surface area contributed by atoms with Crippen molar-refractivity contribution in [3.63, 3.8) is 0 Å². The van der Waals surface area contributed by atoms with Gasteiger partial charge in [0.2, 0.25) is 0 Å². The van der Waals surface area contributed by atoms with Crippen molar-refractivity contribution in [1.82, 2.24) is 0 Å². The number of amides is 2. The molecule has 0 bridgehead atoms. The van der Waals surface area contributed by atoms with Gasteiger partial charge in [-0.3, -0.25) is 19.2 Å². The number of ketones is 2. The Morgan fingerprint density at radius 2 is 0.950 bits per heavy atom. The highest BCUT2D eigenvalue weighted by Gasteiger charge is 2.74. The lowest BCUT2D eigenvalue weighted by atomic mass is 9.94. The predicted octanol–water partition coefficient (Wildman–Crippen LogP) is 11.1. The van der Waals surface area contributed by atoms with E-state index in [4.69, 9.17) is 0 Å². The van der Waals surface area contributed by atoms with Gasteiger partial charge in [0.15, 0.2) is 23.2 Å². The molecule has 2 amide bonds. The zero-order chi connectivity index (χ0) is 44.4. The topological polar surface area (TPSA) is 95.6 Å². The molecule has 0 unspecified atom stereocenters. The number of hydrogen-bond acceptors (Lipinski definition) is 6. The molecule has 0 saturated carbocycles. The van der Waals surface area contributed by atoms with Crippen LogP contribution >= 0.6 is 15.9 Å². The van der Waals surface area contributed by atoms with Crippen molar-refractivity contribution in [3.8, 4) is 0 Å². The minimum absolute atomic E-state index is 0.108. The molecule has 20 heteroatoms. The number of Topliss-reactive ketones (excluding diaryl/α,β-unsaturated/α-hetero) is 2. The summed E-state index contributed by atoms with van der Waals surface area (Å²) in [6, 6.07) is 18.4. The van der Waals surface area contributed by atoms with Crippen LogP contribution in [0.5, 0.6) is 0 Å². The highest BCUT2D eigenvalue weighted by atomic mass is 79.9. The minimum atomic E-state index is -7.20. The summed E-state index contributed by atoms with van der Waals surface area (Å²) in [6.45, 7) is -1.40. The molecule has 60 heavy (non-hydrogen) atoms. The number of imide groups is 1. The normalized spacial score (nSPS) is 12.2. The molecule has 5 rings (SSSR count). The first kappa shape index (κ1) is 44.9. The number of nitrogens with one attached hydrogen (secondary N) is 2. The monoisotopic (exact) mass is 917 g/mol. The summed E-state index contributed by atoms with van der Waals surface area (Å²) in [5, 5.41) is 4.61. The van der Waals surface area contributed by atoms with Crippen molar-refractivity contribution >= 4 is 56.4 Å². The zero-order valence-electron chi connectivity index (χ0n) is 29.8. The Balaban J connectivity index is 1.73. The third-order valence-corrected chi connectivity index (χ3v) is 9.08. The second-order valence-electron chi connectivity index (χ2n) is 12.6. The van der Waals surface area contributed by atoms with Gasteiger partial charge >= 0.3 is 24.2 Å². The number of halogens is 13. The molecule has 0 aromatic heterocycles. The predicted molar refractivity (Wildman–Crippen MR) is 197 cm³/mol. The Hall–Kier alpha value is -6.18. The molecule has 0 aliphatic carbocycles. The van der Waals surface area contributed by atoms with E-state index in [1.165, 1.54) is 48.5 Å². The van der Waals surface area contributed by atoms with Crippen molar-refractivity contribution in [2.24, 2.45) is 0 Å². The average Bonchev–Trinajstić information content (AvgIpc) is 3.19. The number of carbonyl (C=O) groups is 4. The molecule has 0 atom stereocenters. The maximum Gasteiger partial charge on any atom is 0.460 e. The van der Waals surface area contributed by atoms with E-state index >= 15 is 17.6 Å². The van der Waals surface area contributed by atoms with Crippen molar-refractivity contribution < 1.29 is 71.9 Å². The first-order valence-corrected chi connectivity index (χ1v) is 17.6. The largest absolute Gasteiger partial charge is 0.460 e. The molecule has 0 saturated heterocycles. The van der Waals surface area contributed by atoms with Gasteiger partial charge in [-0.05, 0) is 36.4 Å². The van der Waals surface area contributed by atoms with Gasteiger partial charge in [0.25, 0.3) is 11.8 Å². The van der Waals surface area contributed by atoms with E-state index in [9.17, 15) is 54.3 Å². The number of hydrogen-bond donors (Lipinski definition) is 2. The number of rotatable bonds is 13. The molecule has 2 N–H and O–H groups in total. The SMILES string of the molecule is O=C(CNc1cccc(C(=O)N(C(=O)c2cccc(NCC(=O)c3ccccc3)c2F)c2c(C(F)(F)F)cc(Br)cc2C(F)(F)C(F)(F)C(F)(F)F)c1F)c1ccccc1. The Kier molecular flexibility index (Phi) is 12.9. The summed E-state index contributed by atoms with van der Waals surface area (Å²) in [5.74, 6) is -23.6. The van der Waals surface area contributed by atoms with Crippen LogP contribution in [0.3, 0.4) is 0 Å². The second kappa shape index (κ2) is 17.2. The fourth-order valence-electron chi connectivity index (χ4n) is 5.65. The smallest absolute Gasteiger partial charge is 0.375 e. The van der Waals surface area contributed by atoms with Crippen LogP contribution in [-0.4, -0.2) is 48.6 Å². The van der Waals surface area contributed by atoms with E-state index in [1.807, 2.05) is 0 Å². The van der Waals surface area contributed by atoms with E-state index in [0.717, 1.165) is 24.3 Å². The summed E-state index contributed by atoms with van der Waals surface area (Å²) in [7, 11) is 0. The van der Waals surface area contributed by atoms with E-state index in [0.29, 0.717) is 12.1 Å². The maximum absolute atomic E-state index is 16.2. The van der Waals surface area contributed by atoms with Crippen LogP contribution in [0.1, 0.15) is 52.6 Å². The van der Waals surface area contributed by atoms with E-state index in [-0.39, 0.29) is 23.3 Å². The summed E-state index contributed by atoms with van der Waals surface area (Å²) in [6.07, 6.45) is -13.2. The average molecular weight is 919 g/mol. The lowest BCUT2D eigenvalue weighted by Gasteiger charge is -2.34. The minimum Gasteiger partial charge on any atom is -0.375 e. The lowest BCUT2D eigenvalue weighted by molar-refractivity contribution is -0.359. The van der Waals surface area contributed by atoms with Gasteiger partial charge < -0.3 is 10.6 Å². The first-order chi connectivity index (χ1) is 28.0. The summed E-state index contributed by atoms with van der Waals surface area (Å²) in [4.78, 5) is 52.9. The van der Waals surface area contributed by atoms with Crippen molar-refractivity contribution in [2.75, 3.05) is 28.6 Å². The Morgan fingerprint density at radius 1 is 0.550 bits per heavy atom. The molecule has 0 fully saturated rings. The Labute approximate surface area is 339 Å². The highest BCUT2D eigenvalue weighted by molar-refractivity contribution is 9.10. The number of anilines is 3. The number of carbonyl (C=O) groups excluding carboxylic acids is 4. The fourth-order valence-corrected chi connectivity index (χ4v) is 6.11. The highest BCUT2D eigenvalue weighted by Crippen LogP contribution is 2.56. The first-order valence-electron chi connectivity index (χ1n) is 16.8. The molecule has 5 aromatic rings. The number of benzene rings is 5. The summed E-state index contributed by atoms with van der Waals surface area (Å²) in [5.41, 5.74) is -12.5. The van der Waals surface area contributed by atoms with Crippen LogP contribution in [0.25, 0.3) is 0 Å². The number of alkyl halides is 10. The fraction of sp³-hybridized carbons (Fsp3) is 0.150. The van der Waals surface area contributed by atoms with Crippen LogP contribution < -0.4 is 15.5 Å². The molecule has 5 aromatic carbocycles. The molecule has 0 aliphatic heterocycles.